The van der Waals surface area contributed by atoms with E-state index >= 15 is 0 Å². The lowest BCUT2D eigenvalue weighted by molar-refractivity contribution is 0.0589. The SMILES string of the molecule is C=CCn1c(Cc2ccc(C)cc2)ccc1C(=O)OC. The van der Waals surface area contributed by atoms with Crippen molar-refractivity contribution in [1.82, 2.24) is 4.57 Å². The number of aromatic nitrogens is 1. The average molecular weight is 269 g/mol. The van der Waals surface area contributed by atoms with Crippen LogP contribution < -0.4 is 0 Å². The van der Waals surface area contributed by atoms with Gasteiger partial charge in [0.2, 0.25) is 0 Å². The van der Waals surface area contributed by atoms with Crippen molar-refractivity contribution >= 4 is 5.97 Å². The van der Waals surface area contributed by atoms with Gasteiger partial charge in [-0.1, -0.05) is 35.9 Å². The molecular weight excluding hydrogens is 250 g/mol. The van der Waals surface area contributed by atoms with Crippen LogP contribution in [0.15, 0.2) is 49.1 Å². The van der Waals surface area contributed by atoms with Gasteiger partial charge >= 0.3 is 5.97 Å². The molecule has 0 bridgehead atoms. The maximum atomic E-state index is 11.7. The summed E-state index contributed by atoms with van der Waals surface area (Å²) >= 11 is 0. The summed E-state index contributed by atoms with van der Waals surface area (Å²) in [5.74, 6) is -0.318. The molecule has 0 aliphatic rings. The number of allylic oxidation sites excluding steroid dienone is 1. The van der Waals surface area contributed by atoms with Gasteiger partial charge in [-0.25, -0.2) is 4.79 Å². The van der Waals surface area contributed by atoms with E-state index in [0.29, 0.717) is 12.2 Å². The molecule has 1 heterocycles. The first-order chi connectivity index (χ1) is 9.65. The normalized spacial score (nSPS) is 10.3. The Morgan fingerprint density at radius 2 is 1.95 bits per heavy atom. The van der Waals surface area contributed by atoms with E-state index in [1.165, 1.54) is 18.2 Å². The van der Waals surface area contributed by atoms with Gasteiger partial charge in [0.25, 0.3) is 0 Å². The van der Waals surface area contributed by atoms with Gasteiger partial charge in [0.1, 0.15) is 5.69 Å². The Labute approximate surface area is 119 Å². The molecule has 3 nitrogen and oxygen atoms in total. The fourth-order valence-corrected chi connectivity index (χ4v) is 2.21. The lowest BCUT2D eigenvalue weighted by atomic mass is 10.1. The molecule has 3 heteroatoms. The van der Waals surface area contributed by atoms with E-state index in [0.717, 1.165) is 12.1 Å². The molecule has 1 aromatic carbocycles. The van der Waals surface area contributed by atoms with Gasteiger partial charge in [0, 0.05) is 18.7 Å². The summed E-state index contributed by atoms with van der Waals surface area (Å²) in [5, 5.41) is 0. The highest BCUT2D eigenvalue weighted by molar-refractivity contribution is 5.87. The number of nitrogens with zero attached hydrogens (tertiary/aromatic N) is 1. The molecule has 0 atom stereocenters. The van der Waals surface area contributed by atoms with Crippen LogP contribution in [0.3, 0.4) is 0 Å². The number of hydrogen-bond donors (Lipinski definition) is 0. The highest BCUT2D eigenvalue weighted by Crippen LogP contribution is 2.16. The third kappa shape index (κ3) is 2.99. The highest BCUT2D eigenvalue weighted by Gasteiger charge is 2.14. The summed E-state index contributed by atoms with van der Waals surface area (Å²) in [4.78, 5) is 11.7. The molecular formula is C17H19NO2. The molecule has 0 N–H and O–H groups in total. The number of hydrogen-bond acceptors (Lipinski definition) is 2. The van der Waals surface area contributed by atoms with E-state index in [2.05, 4.69) is 37.8 Å². The summed E-state index contributed by atoms with van der Waals surface area (Å²) < 4.78 is 6.75. The second-order valence-corrected chi connectivity index (χ2v) is 4.76. The zero-order valence-corrected chi connectivity index (χ0v) is 11.9. The number of benzene rings is 1. The number of rotatable bonds is 5. The van der Waals surface area contributed by atoms with E-state index in [4.69, 9.17) is 4.74 Å². The summed E-state index contributed by atoms with van der Waals surface area (Å²) in [6.07, 6.45) is 2.57. The van der Waals surface area contributed by atoms with E-state index in [-0.39, 0.29) is 5.97 Å². The van der Waals surface area contributed by atoms with E-state index in [1.807, 2.05) is 10.6 Å². The first-order valence-corrected chi connectivity index (χ1v) is 6.59. The quantitative estimate of drug-likeness (QED) is 0.615. The van der Waals surface area contributed by atoms with Gasteiger partial charge in [-0.3, -0.25) is 0 Å². The van der Waals surface area contributed by atoms with Crippen molar-refractivity contribution in [3.63, 3.8) is 0 Å². The van der Waals surface area contributed by atoms with E-state index < -0.39 is 0 Å². The number of ether oxygens (including phenoxy) is 1. The Morgan fingerprint density at radius 3 is 2.55 bits per heavy atom. The van der Waals surface area contributed by atoms with Crippen LogP contribution in [-0.4, -0.2) is 17.6 Å². The Kier molecular flexibility index (Phi) is 4.41. The van der Waals surface area contributed by atoms with Crippen molar-refractivity contribution in [3.8, 4) is 0 Å². The van der Waals surface area contributed by atoms with Crippen LogP contribution in [0.2, 0.25) is 0 Å². The number of aryl methyl sites for hydroxylation is 1. The highest BCUT2D eigenvalue weighted by atomic mass is 16.5. The van der Waals surface area contributed by atoms with Crippen LogP contribution in [0.25, 0.3) is 0 Å². The van der Waals surface area contributed by atoms with E-state index in [1.54, 1.807) is 12.1 Å². The minimum atomic E-state index is -0.318. The van der Waals surface area contributed by atoms with Gasteiger partial charge in [-0.15, -0.1) is 6.58 Å². The molecule has 0 aliphatic carbocycles. The van der Waals surface area contributed by atoms with Crippen LogP contribution in [0.1, 0.15) is 27.3 Å². The molecule has 1 aromatic heterocycles. The van der Waals surface area contributed by atoms with Crippen molar-refractivity contribution in [2.24, 2.45) is 0 Å². The third-order valence-electron chi connectivity index (χ3n) is 3.28. The number of carbonyl (C=O) groups is 1. The third-order valence-corrected chi connectivity index (χ3v) is 3.28. The van der Waals surface area contributed by atoms with Crippen molar-refractivity contribution in [2.75, 3.05) is 7.11 Å². The molecule has 0 unspecified atom stereocenters. The first kappa shape index (κ1) is 14.1. The van der Waals surface area contributed by atoms with Gasteiger partial charge in [-0.05, 0) is 24.6 Å². The molecule has 0 aliphatic heterocycles. The van der Waals surface area contributed by atoms with Gasteiger partial charge in [0.15, 0.2) is 0 Å². The summed E-state index contributed by atoms with van der Waals surface area (Å²) in [7, 11) is 1.40. The smallest absolute Gasteiger partial charge is 0.354 e. The second kappa shape index (κ2) is 6.24. The van der Waals surface area contributed by atoms with Gasteiger partial charge in [0.05, 0.1) is 7.11 Å². The fraction of sp³-hybridized carbons (Fsp3) is 0.235. The zero-order chi connectivity index (χ0) is 14.5. The molecule has 2 rings (SSSR count). The number of methoxy groups -OCH3 is 1. The number of esters is 1. The molecule has 20 heavy (non-hydrogen) atoms. The fourth-order valence-electron chi connectivity index (χ4n) is 2.21. The molecule has 0 saturated heterocycles. The number of carbonyl (C=O) groups excluding carboxylic acids is 1. The Balaban J connectivity index is 2.31. The van der Waals surface area contributed by atoms with Crippen molar-refractivity contribution < 1.29 is 9.53 Å². The van der Waals surface area contributed by atoms with Crippen LogP contribution in [0.4, 0.5) is 0 Å². The predicted molar refractivity (Wildman–Crippen MR) is 80.0 cm³/mol. The van der Waals surface area contributed by atoms with Crippen LogP contribution in [0, 0.1) is 6.92 Å². The lowest BCUT2D eigenvalue weighted by Crippen LogP contribution is -2.12. The Bertz CT molecular complexity index is 608. The largest absolute Gasteiger partial charge is 0.464 e. The minimum Gasteiger partial charge on any atom is -0.464 e. The van der Waals surface area contributed by atoms with Crippen molar-refractivity contribution in [3.05, 3.63) is 71.6 Å². The van der Waals surface area contributed by atoms with Crippen LogP contribution in [0.5, 0.6) is 0 Å². The maximum Gasteiger partial charge on any atom is 0.354 e. The average Bonchev–Trinajstić information content (AvgIpc) is 2.84. The summed E-state index contributed by atoms with van der Waals surface area (Å²) in [6, 6.07) is 12.2. The maximum absolute atomic E-state index is 11.7. The first-order valence-electron chi connectivity index (χ1n) is 6.59. The summed E-state index contributed by atoms with van der Waals surface area (Å²) in [6.45, 7) is 6.41. The monoisotopic (exact) mass is 269 g/mol. The zero-order valence-electron chi connectivity index (χ0n) is 11.9. The standard InChI is InChI=1S/C17H19NO2/c1-4-11-18-15(9-10-16(18)17(19)20-3)12-14-7-5-13(2)6-8-14/h4-10H,1,11-12H2,2-3H3. The topological polar surface area (TPSA) is 31.2 Å². The Hall–Kier alpha value is -2.29. The predicted octanol–water partition coefficient (Wildman–Crippen LogP) is 3.36. The molecule has 2 aromatic rings. The molecule has 104 valence electrons. The molecule has 0 amide bonds. The molecule has 0 fully saturated rings. The molecule has 0 spiro atoms. The van der Waals surface area contributed by atoms with E-state index in [9.17, 15) is 4.79 Å². The van der Waals surface area contributed by atoms with Crippen LogP contribution >= 0.6 is 0 Å². The minimum absolute atomic E-state index is 0.318. The summed E-state index contributed by atoms with van der Waals surface area (Å²) in [5.41, 5.74) is 4.10. The Morgan fingerprint density at radius 1 is 1.25 bits per heavy atom. The lowest BCUT2D eigenvalue weighted by Gasteiger charge is -2.10. The van der Waals surface area contributed by atoms with Gasteiger partial charge in [-0.2, -0.15) is 0 Å². The van der Waals surface area contributed by atoms with Crippen molar-refractivity contribution in [2.45, 2.75) is 19.9 Å². The molecule has 0 radical (unpaired) electrons. The molecule has 0 saturated carbocycles. The second-order valence-electron chi connectivity index (χ2n) is 4.76. The van der Waals surface area contributed by atoms with Crippen molar-refractivity contribution in [1.29, 1.82) is 0 Å². The van der Waals surface area contributed by atoms with Gasteiger partial charge < -0.3 is 9.30 Å². The van der Waals surface area contributed by atoms with Crippen LogP contribution in [-0.2, 0) is 17.7 Å².